The van der Waals surface area contributed by atoms with Gasteiger partial charge in [0.25, 0.3) is 5.56 Å². The molecule has 0 spiro atoms. The summed E-state index contributed by atoms with van der Waals surface area (Å²) < 4.78 is 11.9. The first-order valence-electron chi connectivity index (χ1n) is 10.4. The maximum atomic E-state index is 13.8. The predicted molar refractivity (Wildman–Crippen MR) is 120 cm³/mol. The van der Waals surface area contributed by atoms with Gasteiger partial charge in [0.2, 0.25) is 11.8 Å². The highest BCUT2D eigenvalue weighted by Crippen LogP contribution is 2.42. The van der Waals surface area contributed by atoms with Gasteiger partial charge in [0, 0.05) is 36.5 Å². The summed E-state index contributed by atoms with van der Waals surface area (Å²) in [5.74, 6) is -0.985. The van der Waals surface area contributed by atoms with Gasteiger partial charge in [-0.25, -0.2) is 4.68 Å². The first-order valence-corrected chi connectivity index (χ1v) is 10.4. The lowest BCUT2D eigenvalue weighted by molar-refractivity contribution is -0.127. The van der Waals surface area contributed by atoms with Crippen molar-refractivity contribution in [3.8, 4) is 22.8 Å². The fourth-order valence-corrected chi connectivity index (χ4v) is 4.65. The number of carbonyl (C=O) groups excluding carboxylic acids is 3. The first-order chi connectivity index (χ1) is 15.9. The van der Waals surface area contributed by atoms with Crippen LogP contribution in [0.2, 0.25) is 0 Å². The highest BCUT2D eigenvalue weighted by atomic mass is 16.5. The Morgan fingerprint density at radius 2 is 1.76 bits per heavy atom. The van der Waals surface area contributed by atoms with Gasteiger partial charge in [0.15, 0.2) is 17.3 Å². The van der Waals surface area contributed by atoms with Crippen LogP contribution in [0.4, 0.5) is 0 Å². The molecule has 2 aliphatic rings. The van der Waals surface area contributed by atoms with Crippen LogP contribution in [-0.4, -0.2) is 55.0 Å². The second-order valence-corrected chi connectivity index (χ2v) is 8.11. The standard InChI is InChI=1S/C24H21N3O6/c1-26-11-12(10-17(26)28)23(30)25-27-20-13-6-4-5-7-14(13)21(29)18(20)15-8-9-16(32-2)22(33-3)19(15)24(27)31/h4-9,12H,10-11H2,1-3H3,(H,25,30). The number of ketones is 1. The van der Waals surface area contributed by atoms with Crippen LogP contribution in [0.25, 0.3) is 22.0 Å². The van der Waals surface area contributed by atoms with Crippen molar-refractivity contribution in [1.82, 2.24) is 9.58 Å². The maximum absolute atomic E-state index is 13.8. The molecule has 3 aromatic rings. The zero-order valence-electron chi connectivity index (χ0n) is 18.3. The number of pyridine rings is 1. The lowest BCUT2D eigenvalue weighted by Gasteiger charge is -2.19. The van der Waals surface area contributed by atoms with E-state index in [1.807, 2.05) is 0 Å². The van der Waals surface area contributed by atoms with Gasteiger partial charge in [-0.2, -0.15) is 0 Å². The van der Waals surface area contributed by atoms with Crippen LogP contribution in [0.1, 0.15) is 22.3 Å². The van der Waals surface area contributed by atoms with Crippen molar-refractivity contribution in [2.45, 2.75) is 6.42 Å². The molecule has 1 atom stereocenters. The molecule has 0 radical (unpaired) electrons. The van der Waals surface area contributed by atoms with E-state index in [-0.39, 0.29) is 35.8 Å². The Kier molecular flexibility index (Phi) is 4.70. The van der Waals surface area contributed by atoms with E-state index < -0.39 is 17.4 Å². The Balaban J connectivity index is 1.79. The fourth-order valence-electron chi connectivity index (χ4n) is 4.65. The Hall–Kier alpha value is -4.14. The van der Waals surface area contributed by atoms with Crippen molar-refractivity contribution >= 4 is 28.4 Å². The Labute approximate surface area is 188 Å². The van der Waals surface area contributed by atoms with E-state index in [0.717, 1.165) is 4.68 Å². The molecule has 2 heterocycles. The first kappa shape index (κ1) is 20.7. The molecule has 2 aromatic carbocycles. The quantitative estimate of drug-likeness (QED) is 0.511. The SMILES string of the molecule is COc1ccc2c3c(n(NC(=O)C4CC(=O)N(C)C4)c(=O)c2c1OC)-c1ccccc1C3=O. The average molecular weight is 447 g/mol. The van der Waals surface area contributed by atoms with Gasteiger partial charge >= 0.3 is 0 Å². The number of aromatic nitrogens is 1. The monoisotopic (exact) mass is 447 g/mol. The number of ether oxygens (including phenoxy) is 2. The zero-order chi connectivity index (χ0) is 23.4. The van der Waals surface area contributed by atoms with Crippen molar-refractivity contribution in [3.05, 3.63) is 57.9 Å². The number of amides is 2. The van der Waals surface area contributed by atoms with Crippen LogP contribution in [0, 0.1) is 5.92 Å². The lowest BCUT2D eigenvalue weighted by atomic mass is 10.0. The number of methoxy groups -OCH3 is 2. The topological polar surface area (TPSA) is 107 Å². The van der Waals surface area contributed by atoms with Gasteiger partial charge < -0.3 is 14.4 Å². The van der Waals surface area contributed by atoms with Gasteiger partial charge in [-0.1, -0.05) is 24.3 Å². The number of nitrogens with one attached hydrogen (secondary N) is 1. The minimum atomic E-state index is -0.611. The van der Waals surface area contributed by atoms with E-state index in [9.17, 15) is 19.2 Å². The largest absolute Gasteiger partial charge is 0.493 e. The average Bonchev–Trinajstić information content (AvgIpc) is 3.32. The summed E-state index contributed by atoms with van der Waals surface area (Å²) in [7, 11) is 4.48. The molecule has 9 heteroatoms. The van der Waals surface area contributed by atoms with Gasteiger partial charge in [-0.15, -0.1) is 0 Å². The third-order valence-corrected chi connectivity index (χ3v) is 6.28. The van der Waals surface area contributed by atoms with Crippen LogP contribution < -0.4 is 20.5 Å². The normalized spacial score (nSPS) is 16.7. The van der Waals surface area contributed by atoms with Crippen LogP contribution in [0.5, 0.6) is 11.5 Å². The van der Waals surface area contributed by atoms with Crippen molar-refractivity contribution in [2.24, 2.45) is 5.92 Å². The Bertz CT molecular complexity index is 1420. The minimum absolute atomic E-state index is 0.0551. The highest BCUT2D eigenvalue weighted by Gasteiger charge is 2.37. The van der Waals surface area contributed by atoms with Crippen LogP contribution >= 0.6 is 0 Å². The number of nitrogens with zero attached hydrogens (tertiary/aromatic N) is 2. The van der Waals surface area contributed by atoms with Gasteiger partial charge in [0.05, 0.1) is 36.8 Å². The molecular formula is C24H21N3O6. The number of fused-ring (bicyclic) bond motifs is 5. The Morgan fingerprint density at radius 1 is 1.03 bits per heavy atom. The predicted octanol–water partition coefficient (Wildman–Crippen LogP) is 1.78. The van der Waals surface area contributed by atoms with Gasteiger partial charge in [-0.05, 0) is 12.1 Å². The van der Waals surface area contributed by atoms with Gasteiger partial charge in [-0.3, -0.25) is 24.6 Å². The van der Waals surface area contributed by atoms with Crippen molar-refractivity contribution in [3.63, 3.8) is 0 Å². The summed E-state index contributed by atoms with van der Waals surface area (Å²) in [6, 6.07) is 10.2. The highest BCUT2D eigenvalue weighted by molar-refractivity contribution is 6.27. The second-order valence-electron chi connectivity index (χ2n) is 8.11. The molecule has 33 heavy (non-hydrogen) atoms. The van der Waals surface area contributed by atoms with Crippen LogP contribution in [0.3, 0.4) is 0 Å². The molecule has 168 valence electrons. The second kappa shape index (κ2) is 7.47. The smallest absolute Gasteiger partial charge is 0.281 e. The molecule has 1 N–H and O–H groups in total. The van der Waals surface area contributed by atoms with Crippen molar-refractivity contribution in [1.29, 1.82) is 0 Å². The number of hydrogen-bond acceptors (Lipinski definition) is 6. The third-order valence-electron chi connectivity index (χ3n) is 6.28. The molecule has 1 aliphatic carbocycles. The number of hydrogen-bond donors (Lipinski definition) is 1. The lowest BCUT2D eigenvalue weighted by Crippen LogP contribution is -2.38. The van der Waals surface area contributed by atoms with E-state index in [1.165, 1.54) is 19.1 Å². The molecular weight excluding hydrogens is 426 g/mol. The molecule has 5 rings (SSSR count). The number of carbonyl (C=O) groups is 3. The van der Waals surface area contributed by atoms with E-state index >= 15 is 0 Å². The summed E-state index contributed by atoms with van der Waals surface area (Å²) >= 11 is 0. The summed E-state index contributed by atoms with van der Waals surface area (Å²) in [5.41, 5.74) is 3.71. The zero-order valence-corrected chi connectivity index (χ0v) is 18.3. The van der Waals surface area contributed by atoms with E-state index in [1.54, 1.807) is 43.4 Å². The van der Waals surface area contributed by atoms with Gasteiger partial charge in [0.1, 0.15) is 0 Å². The molecule has 0 saturated carbocycles. The van der Waals surface area contributed by atoms with Crippen LogP contribution in [-0.2, 0) is 9.59 Å². The molecule has 9 nitrogen and oxygen atoms in total. The summed E-state index contributed by atoms with van der Waals surface area (Å²) in [4.78, 5) is 53.6. The summed E-state index contributed by atoms with van der Waals surface area (Å²) in [6.07, 6.45) is 0.0551. The van der Waals surface area contributed by atoms with Crippen LogP contribution in [0.15, 0.2) is 41.2 Å². The molecule has 1 unspecified atom stereocenters. The Morgan fingerprint density at radius 3 is 2.39 bits per heavy atom. The van der Waals surface area contributed by atoms with Crippen molar-refractivity contribution < 1.29 is 23.9 Å². The minimum Gasteiger partial charge on any atom is -0.493 e. The molecule has 1 fully saturated rings. The van der Waals surface area contributed by atoms with E-state index in [2.05, 4.69) is 5.43 Å². The maximum Gasteiger partial charge on any atom is 0.281 e. The molecule has 2 amide bonds. The molecule has 1 saturated heterocycles. The van der Waals surface area contributed by atoms with E-state index in [0.29, 0.717) is 33.5 Å². The third kappa shape index (κ3) is 2.92. The summed E-state index contributed by atoms with van der Waals surface area (Å²) in [5, 5.41) is 0.534. The molecule has 0 bridgehead atoms. The molecule has 1 aromatic heterocycles. The summed E-state index contributed by atoms with van der Waals surface area (Å²) in [6.45, 7) is 0.252. The number of likely N-dealkylation sites (tertiary alicyclic amines) is 1. The van der Waals surface area contributed by atoms with E-state index in [4.69, 9.17) is 9.47 Å². The molecule has 1 aliphatic heterocycles. The fraction of sp³-hybridized carbons (Fsp3) is 0.250. The van der Waals surface area contributed by atoms with Crippen molar-refractivity contribution in [2.75, 3.05) is 33.2 Å². The number of rotatable bonds is 4. The number of benzene rings is 2.